The zero-order valence-corrected chi connectivity index (χ0v) is 45.9. The second-order valence-electron chi connectivity index (χ2n) is 21.4. The number of nitrogens with one attached hydrogen (secondary N) is 4. The lowest BCUT2D eigenvalue weighted by atomic mass is 9.90. The molecule has 7 heterocycles. The summed E-state index contributed by atoms with van der Waals surface area (Å²) < 4.78 is 82.3. The van der Waals surface area contributed by atoms with E-state index in [1.165, 1.54) is 31.7 Å². The highest BCUT2D eigenvalue weighted by Gasteiger charge is 2.44. The maximum absolute atomic E-state index is 15.9. The molecule has 0 spiro atoms. The highest BCUT2D eigenvalue weighted by molar-refractivity contribution is 6.36. The molecule has 19 nitrogen and oxygen atoms in total. The number of hydrazone groups is 1. The molecule has 7 N–H and O–H groups in total. The number of carbonyl (C=O) groups excluding carboxylic acids is 2. The third-order valence-electron chi connectivity index (χ3n) is 15.9. The molecule has 3 aromatic heterocycles. The van der Waals surface area contributed by atoms with Crippen molar-refractivity contribution in [3.05, 3.63) is 118 Å². The number of carbonyl (C=O) groups is 2. The van der Waals surface area contributed by atoms with E-state index in [2.05, 4.69) is 40.9 Å². The van der Waals surface area contributed by atoms with Crippen molar-refractivity contribution < 1.29 is 51.5 Å². The summed E-state index contributed by atoms with van der Waals surface area (Å²) in [5.74, 6) is 4.29. The van der Waals surface area contributed by atoms with E-state index in [9.17, 15) is 14.7 Å². The Morgan fingerprint density at radius 1 is 1.05 bits per heavy atom. The standard InChI is InChI=1S/C58H60ClF4N13O6/c1-30(2)50(56(79)75-16-4-5-47(75)55(78)70-46(27-77)35-12-10-33(11-13-35)40-23-65-29-68-53(40)59)67-25-45(73-64)34-8-6-32(7-9-34)28-81-52-49(48-31(3)43(60)21-44-41(48)24-69-74-44)42(58(61,62)63)20-39-51(52)71-57(82-38-14-17-80-18-15-38)72-54(39)76-26-36-19-37(76)22-66-36/h6-13,20-21,23-25,29-30,36-38,46-47,50,66,77H,4-5,14-19,22,26-28,64H2,1-3H3,(H,69,74)(H,70,78)/p+1/b67-25?,73-45+/t36-,37-,46?,47-,50-/m0/s1. The van der Waals surface area contributed by atoms with Crippen molar-refractivity contribution in [3.8, 4) is 34.0 Å². The van der Waals surface area contributed by atoms with Crippen molar-refractivity contribution in [1.82, 2.24) is 45.7 Å². The van der Waals surface area contributed by atoms with Gasteiger partial charge in [-0.3, -0.25) is 14.7 Å². The number of halogens is 5. The number of likely N-dealkylation sites (tertiary alicyclic amines) is 1. The van der Waals surface area contributed by atoms with Gasteiger partial charge in [-0.2, -0.15) is 33.3 Å². The second-order valence-corrected chi connectivity index (χ2v) is 21.8. The molecule has 4 aliphatic heterocycles. The number of benzene rings is 4. The minimum absolute atomic E-state index is 0.0304. The number of nitrogens with zero attached hydrogens (tertiary/aromatic N) is 8. The van der Waals surface area contributed by atoms with Crippen LogP contribution in [-0.4, -0.2) is 134 Å². The number of aromatic amines is 1. The smallest absolute Gasteiger partial charge is 0.417 e. The Bertz CT molecular complexity index is 3580. The van der Waals surface area contributed by atoms with Crippen LogP contribution in [0, 0.1) is 18.7 Å². The van der Waals surface area contributed by atoms with Crippen LogP contribution < -0.4 is 35.8 Å². The number of piperazine rings is 1. The lowest BCUT2D eigenvalue weighted by Crippen LogP contribution is -2.83. The zero-order valence-electron chi connectivity index (χ0n) is 45.1. The number of aliphatic hydroxyl groups is 1. The van der Waals surface area contributed by atoms with Gasteiger partial charge in [-0.15, -0.1) is 0 Å². The van der Waals surface area contributed by atoms with Crippen molar-refractivity contribution >= 4 is 63.0 Å². The Morgan fingerprint density at radius 2 is 1.83 bits per heavy atom. The number of aliphatic hydroxyl groups excluding tert-OH is 1. The van der Waals surface area contributed by atoms with Crippen molar-refractivity contribution in [2.24, 2.45) is 16.9 Å². The number of aromatic nitrogens is 6. The third-order valence-corrected chi connectivity index (χ3v) is 16.2. The van der Waals surface area contributed by atoms with Gasteiger partial charge in [0, 0.05) is 89.7 Å². The summed E-state index contributed by atoms with van der Waals surface area (Å²) in [5.41, 5.74) is 2.02. The Kier molecular flexibility index (Phi) is 16.1. The first-order chi connectivity index (χ1) is 39.6. The molecule has 4 aliphatic rings. The summed E-state index contributed by atoms with van der Waals surface area (Å²) in [5, 5.41) is 28.2. The molecule has 11 rings (SSSR count). The quantitative estimate of drug-likeness (QED) is 0.0198. The number of nitrogens with two attached hydrogens (primary N) is 1. The predicted molar refractivity (Wildman–Crippen MR) is 299 cm³/mol. The molecule has 82 heavy (non-hydrogen) atoms. The molecule has 4 saturated heterocycles. The summed E-state index contributed by atoms with van der Waals surface area (Å²) in [7, 11) is 0. The van der Waals surface area contributed by atoms with Gasteiger partial charge in [0.15, 0.2) is 17.7 Å². The van der Waals surface area contributed by atoms with E-state index in [1.807, 2.05) is 18.7 Å². The van der Waals surface area contributed by atoms with Gasteiger partial charge in [-0.1, -0.05) is 74.0 Å². The third kappa shape index (κ3) is 11.3. The number of fused-ring (bicyclic) bond motifs is 4. The Hall–Kier alpha value is -7.86. The fourth-order valence-electron chi connectivity index (χ4n) is 11.6. The van der Waals surface area contributed by atoms with E-state index < -0.39 is 47.2 Å². The summed E-state index contributed by atoms with van der Waals surface area (Å²) >= 11 is 6.27. The van der Waals surface area contributed by atoms with Gasteiger partial charge in [0.25, 0.3) is 5.91 Å². The van der Waals surface area contributed by atoms with Gasteiger partial charge in [0.2, 0.25) is 11.9 Å². The van der Waals surface area contributed by atoms with Crippen LogP contribution in [0.5, 0.6) is 11.8 Å². The van der Waals surface area contributed by atoms with Gasteiger partial charge in [0.05, 0.1) is 43.1 Å². The average Bonchev–Trinajstić information content (AvgIpc) is 3.47. The van der Waals surface area contributed by atoms with Gasteiger partial charge >= 0.3 is 12.2 Å². The minimum Gasteiger partial charge on any atom is -0.486 e. The fraction of sp³-hybridized carbons (Fsp3) is 0.397. The van der Waals surface area contributed by atoms with Crippen LogP contribution in [0.25, 0.3) is 44.1 Å². The molecule has 0 aliphatic carbocycles. The summed E-state index contributed by atoms with van der Waals surface area (Å²) in [6.07, 6.45) is 3.46. The van der Waals surface area contributed by atoms with E-state index in [4.69, 9.17) is 41.6 Å². The van der Waals surface area contributed by atoms with Gasteiger partial charge in [0.1, 0.15) is 47.4 Å². The van der Waals surface area contributed by atoms with E-state index in [1.54, 1.807) is 59.6 Å². The molecule has 0 radical (unpaired) electrons. The number of anilines is 1. The number of ether oxygens (including phenoxy) is 3. The highest BCUT2D eigenvalue weighted by Crippen LogP contribution is 2.51. The average molecular weight is 1150 g/mol. The van der Waals surface area contributed by atoms with Gasteiger partial charge in [-0.25, -0.2) is 19.4 Å². The van der Waals surface area contributed by atoms with Crippen molar-refractivity contribution in [2.45, 2.75) is 102 Å². The Morgan fingerprint density at radius 3 is 2.51 bits per heavy atom. The zero-order chi connectivity index (χ0) is 57.4. The molecule has 1 unspecified atom stereocenters. The molecule has 428 valence electrons. The first kappa shape index (κ1) is 56.0. The molecule has 4 fully saturated rings. The fourth-order valence-corrected chi connectivity index (χ4v) is 11.8. The van der Waals surface area contributed by atoms with Crippen molar-refractivity contribution in [1.29, 1.82) is 0 Å². The number of amides is 2. The lowest BCUT2D eigenvalue weighted by molar-refractivity contribution is -0.491. The van der Waals surface area contributed by atoms with E-state index >= 15 is 17.6 Å². The molecule has 4 aromatic carbocycles. The monoisotopic (exact) mass is 1150 g/mol. The first-order valence-corrected chi connectivity index (χ1v) is 27.7. The number of rotatable bonds is 17. The topological polar surface area (TPSA) is 245 Å². The summed E-state index contributed by atoms with van der Waals surface area (Å²) in [6, 6.07) is 13.9. The SMILES string of the molecule is Cc1c(F)cc2[nH]ncc2c1-c1c(C(F)(F)F)cc2c(N3C[C@@H]4C[C@H]3CN4)nc(OC3CCOCC3)nc2c1OCc1ccc(/C(C=[NH+][C@H](C(=O)N2CCC[C@H]2C(=O)NC(CO)c2ccc(-c3cncnc3Cl)cc2)C(C)C)=N/N)cc1. The molecule has 7 aromatic rings. The number of hydrogen-bond donors (Lipinski definition) is 6. The second kappa shape index (κ2) is 23.5. The van der Waals surface area contributed by atoms with Crippen LogP contribution >= 0.6 is 11.6 Å². The molecule has 2 bridgehead atoms. The van der Waals surface area contributed by atoms with Crippen LogP contribution in [0.15, 0.2) is 84.5 Å². The lowest BCUT2D eigenvalue weighted by Gasteiger charge is -2.31. The molecule has 2 amide bonds. The summed E-state index contributed by atoms with van der Waals surface area (Å²) in [6.45, 7) is 6.88. The maximum atomic E-state index is 15.9. The number of hydrogen-bond acceptors (Lipinski definition) is 15. The molecular formula is C58H61ClF4N13O6+. The van der Waals surface area contributed by atoms with Gasteiger partial charge in [-0.05, 0) is 60.6 Å². The van der Waals surface area contributed by atoms with Crippen LogP contribution in [0.3, 0.4) is 0 Å². The molecule has 0 saturated carbocycles. The number of H-pyrrole nitrogens is 1. The molecular weight excluding hydrogens is 1090 g/mol. The minimum atomic E-state index is -4.97. The predicted octanol–water partition coefficient (Wildman–Crippen LogP) is 6.12. The van der Waals surface area contributed by atoms with E-state index in [0.29, 0.717) is 80.8 Å². The Labute approximate surface area is 473 Å². The van der Waals surface area contributed by atoms with Crippen LogP contribution in [0.2, 0.25) is 5.15 Å². The van der Waals surface area contributed by atoms with Crippen molar-refractivity contribution in [3.63, 3.8) is 0 Å². The van der Waals surface area contributed by atoms with Crippen LogP contribution in [-0.2, 0) is 27.1 Å². The largest absolute Gasteiger partial charge is 0.486 e. The number of alkyl halides is 3. The molecule has 5 atom stereocenters. The highest BCUT2D eigenvalue weighted by atomic mass is 35.5. The molecule has 24 heteroatoms. The van der Waals surface area contributed by atoms with E-state index in [0.717, 1.165) is 18.1 Å². The normalized spacial score (nSPS) is 19.5. The van der Waals surface area contributed by atoms with Crippen molar-refractivity contribution in [2.75, 3.05) is 44.4 Å². The maximum Gasteiger partial charge on any atom is 0.417 e. The van der Waals surface area contributed by atoms with Gasteiger partial charge < -0.3 is 45.6 Å². The Balaban J connectivity index is 0.867. The van der Waals surface area contributed by atoms with E-state index in [-0.39, 0.29) is 105 Å². The first-order valence-electron chi connectivity index (χ1n) is 27.3. The summed E-state index contributed by atoms with van der Waals surface area (Å²) in [4.78, 5) is 52.8. The van der Waals surface area contributed by atoms with Crippen LogP contribution in [0.4, 0.5) is 23.4 Å². The van der Waals surface area contributed by atoms with Crippen LogP contribution in [0.1, 0.15) is 79.8 Å².